The van der Waals surface area contributed by atoms with Gasteiger partial charge in [-0.05, 0) is 43.3 Å². The summed E-state index contributed by atoms with van der Waals surface area (Å²) in [6, 6.07) is 20.3. The normalized spacial score (nSPS) is 10.3. The molecule has 0 aromatic heterocycles. The summed E-state index contributed by atoms with van der Waals surface area (Å²) in [4.78, 5) is 0. The second-order valence-electron chi connectivity index (χ2n) is 5.23. The average Bonchev–Trinajstić information content (AvgIpc) is 2.51. The zero-order chi connectivity index (χ0) is 16.2. The SMILES string of the molecule is Cc1c(Oc2cccc(N)c2)cccc1Oc1cccc(N)c1. The van der Waals surface area contributed by atoms with Crippen molar-refractivity contribution in [3.63, 3.8) is 0 Å². The molecule has 3 aromatic carbocycles. The van der Waals surface area contributed by atoms with Crippen LogP contribution in [0.1, 0.15) is 5.56 Å². The Bertz CT molecular complexity index is 765. The van der Waals surface area contributed by atoms with E-state index in [4.69, 9.17) is 20.9 Å². The number of nitrogen functional groups attached to an aromatic ring is 2. The topological polar surface area (TPSA) is 70.5 Å². The lowest BCUT2D eigenvalue weighted by Crippen LogP contribution is -1.93. The van der Waals surface area contributed by atoms with Crippen molar-refractivity contribution >= 4 is 11.4 Å². The highest BCUT2D eigenvalue weighted by Gasteiger charge is 2.08. The minimum Gasteiger partial charge on any atom is -0.457 e. The van der Waals surface area contributed by atoms with E-state index in [1.165, 1.54) is 0 Å². The molecule has 0 atom stereocenters. The predicted molar refractivity (Wildman–Crippen MR) is 93.0 cm³/mol. The molecule has 0 aliphatic heterocycles. The van der Waals surface area contributed by atoms with Gasteiger partial charge < -0.3 is 20.9 Å². The lowest BCUT2D eigenvalue weighted by Gasteiger charge is -2.13. The molecule has 0 bridgehead atoms. The predicted octanol–water partition coefficient (Wildman–Crippen LogP) is 4.74. The first-order chi connectivity index (χ1) is 11.1. The van der Waals surface area contributed by atoms with Crippen LogP contribution in [0.3, 0.4) is 0 Å². The molecule has 116 valence electrons. The van der Waals surface area contributed by atoms with Crippen molar-refractivity contribution in [2.45, 2.75) is 6.92 Å². The van der Waals surface area contributed by atoms with Crippen LogP contribution in [0.25, 0.3) is 0 Å². The molecule has 0 heterocycles. The van der Waals surface area contributed by atoms with E-state index in [-0.39, 0.29) is 0 Å². The Morgan fingerprint density at radius 2 is 1.09 bits per heavy atom. The van der Waals surface area contributed by atoms with Gasteiger partial charge >= 0.3 is 0 Å². The fourth-order valence-corrected chi connectivity index (χ4v) is 2.23. The number of ether oxygens (including phenoxy) is 2. The minimum atomic E-state index is 0.660. The van der Waals surface area contributed by atoms with Gasteiger partial charge in [-0.25, -0.2) is 0 Å². The average molecular weight is 306 g/mol. The molecule has 0 aliphatic carbocycles. The van der Waals surface area contributed by atoms with Crippen LogP contribution in [0.2, 0.25) is 0 Å². The van der Waals surface area contributed by atoms with E-state index >= 15 is 0 Å². The minimum absolute atomic E-state index is 0.660. The van der Waals surface area contributed by atoms with Crippen molar-refractivity contribution in [2.24, 2.45) is 0 Å². The van der Waals surface area contributed by atoms with Gasteiger partial charge in [-0.15, -0.1) is 0 Å². The largest absolute Gasteiger partial charge is 0.457 e. The van der Waals surface area contributed by atoms with Gasteiger partial charge in [0.05, 0.1) is 0 Å². The molecule has 0 fully saturated rings. The highest BCUT2D eigenvalue weighted by Crippen LogP contribution is 2.34. The van der Waals surface area contributed by atoms with Gasteiger partial charge in [0.2, 0.25) is 0 Å². The maximum absolute atomic E-state index is 5.91. The van der Waals surface area contributed by atoms with Gasteiger partial charge in [-0.3, -0.25) is 0 Å². The third kappa shape index (κ3) is 3.55. The second-order valence-corrected chi connectivity index (χ2v) is 5.23. The monoisotopic (exact) mass is 306 g/mol. The van der Waals surface area contributed by atoms with Crippen molar-refractivity contribution in [3.05, 3.63) is 72.3 Å². The lowest BCUT2D eigenvalue weighted by molar-refractivity contribution is 0.454. The van der Waals surface area contributed by atoms with Gasteiger partial charge in [0.25, 0.3) is 0 Å². The summed E-state index contributed by atoms with van der Waals surface area (Å²) in [5, 5.41) is 0. The van der Waals surface area contributed by atoms with E-state index < -0.39 is 0 Å². The third-order valence-corrected chi connectivity index (χ3v) is 3.41. The second kappa shape index (κ2) is 6.32. The Labute approximate surface area is 135 Å². The van der Waals surface area contributed by atoms with Gasteiger partial charge in [0, 0.05) is 29.1 Å². The van der Waals surface area contributed by atoms with Crippen LogP contribution in [-0.4, -0.2) is 0 Å². The molecule has 23 heavy (non-hydrogen) atoms. The van der Waals surface area contributed by atoms with Crippen LogP contribution >= 0.6 is 0 Å². The van der Waals surface area contributed by atoms with E-state index in [1.54, 1.807) is 12.1 Å². The summed E-state index contributed by atoms with van der Waals surface area (Å²) < 4.78 is 11.8. The highest BCUT2D eigenvalue weighted by atomic mass is 16.5. The van der Waals surface area contributed by atoms with Crippen LogP contribution in [0, 0.1) is 6.92 Å². The van der Waals surface area contributed by atoms with Crippen molar-refractivity contribution < 1.29 is 9.47 Å². The number of hydrogen-bond donors (Lipinski definition) is 2. The zero-order valence-corrected chi connectivity index (χ0v) is 12.8. The molecule has 4 heteroatoms. The van der Waals surface area contributed by atoms with Crippen LogP contribution < -0.4 is 20.9 Å². The van der Waals surface area contributed by atoms with Crippen LogP contribution in [-0.2, 0) is 0 Å². The summed E-state index contributed by atoms with van der Waals surface area (Å²) >= 11 is 0. The van der Waals surface area contributed by atoms with Crippen molar-refractivity contribution in [1.82, 2.24) is 0 Å². The van der Waals surface area contributed by atoms with E-state index in [9.17, 15) is 0 Å². The van der Waals surface area contributed by atoms with Gasteiger partial charge in [-0.1, -0.05) is 18.2 Å². The molecular formula is C19H18N2O2. The Kier molecular flexibility index (Phi) is 4.06. The molecule has 0 spiro atoms. The van der Waals surface area contributed by atoms with Crippen LogP contribution in [0.5, 0.6) is 23.0 Å². The Balaban J connectivity index is 1.86. The van der Waals surface area contributed by atoms with Crippen LogP contribution in [0.4, 0.5) is 11.4 Å². The molecule has 0 saturated heterocycles. The number of benzene rings is 3. The molecule has 3 aromatic rings. The van der Waals surface area contributed by atoms with E-state index in [1.807, 2.05) is 61.5 Å². The molecule has 4 nitrogen and oxygen atoms in total. The molecule has 0 radical (unpaired) electrons. The van der Waals surface area contributed by atoms with Crippen LogP contribution in [0.15, 0.2) is 66.7 Å². The molecule has 0 aliphatic rings. The van der Waals surface area contributed by atoms with E-state index in [0.29, 0.717) is 22.9 Å². The molecular weight excluding hydrogens is 288 g/mol. The number of rotatable bonds is 4. The smallest absolute Gasteiger partial charge is 0.134 e. The first kappa shape index (κ1) is 14.8. The van der Waals surface area contributed by atoms with Gasteiger partial charge in [0.15, 0.2) is 0 Å². The van der Waals surface area contributed by atoms with E-state index in [2.05, 4.69) is 0 Å². The first-order valence-electron chi connectivity index (χ1n) is 7.28. The van der Waals surface area contributed by atoms with Crippen molar-refractivity contribution in [3.8, 4) is 23.0 Å². The fourth-order valence-electron chi connectivity index (χ4n) is 2.23. The number of hydrogen-bond acceptors (Lipinski definition) is 4. The summed E-state index contributed by atoms with van der Waals surface area (Å²) in [5.74, 6) is 2.82. The summed E-state index contributed by atoms with van der Waals surface area (Å²) in [7, 11) is 0. The lowest BCUT2D eigenvalue weighted by atomic mass is 10.2. The van der Waals surface area contributed by atoms with Gasteiger partial charge in [0.1, 0.15) is 23.0 Å². The highest BCUT2D eigenvalue weighted by molar-refractivity contribution is 5.51. The Hall–Kier alpha value is -3.14. The fraction of sp³-hybridized carbons (Fsp3) is 0.0526. The van der Waals surface area contributed by atoms with Crippen molar-refractivity contribution in [2.75, 3.05) is 11.5 Å². The first-order valence-corrected chi connectivity index (χ1v) is 7.28. The standard InChI is InChI=1S/C19H18N2O2/c1-13-18(22-16-7-2-5-14(20)11-16)9-4-10-19(13)23-17-8-3-6-15(21)12-17/h2-12H,20-21H2,1H3. The summed E-state index contributed by atoms with van der Waals surface area (Å²) in [6.07, 6.45) is 0. The summed E-state index contributed by atoms with van der Waals surface area (Å²) in [5.41, 5.74) is 13.8. The number of nitrogens with two attached hydrogens (primary N) is 2. The zero-order valence-electron chi connectivity index (χ0n) is 12.8. The summed E-state index contributed by atoms with van der Waals surface area (Å²) in [6.45, 7) is 1.95. The molecule has 4 N–H and O–H groups in total. The number of anilines is 2. The quantitative estimate of drug-likeness (QED) is 0.683. The maximum Gasteiger partial charge on any atom is 0.134 e. The molecule has 0 unspecified atom stereocenters. The van der Waals surface area contributed by atoms with E-state index in [0.717, 1.165) is 17.1 Å². The molecule has 0 amide bonds. The Morgan fingerprint density at radius 1 is 0.652 bits per heavy atom. The maximum atomic E-state index is 5.91. The third-order valence-electron chi connectivity index (χ3n) is 3.41. The van der Waals surface area contributed by atoms with Crippen molar-refractivity contribution in [1.29, 1.82) is 0 Å². The molecule has 3 rings (SSSR count). The molecule has 0 saturated carbocycles. The Morgan fingerprint density at radius 3 is 1.52 bits per heavy atom. The van der Waals surface area contributed by atoms with Gasteiger partial charge in [-0.2, -0.15) is 0 Å².